The molecule has 0 radical (unpaired) electrons. The Labute approximate surface area is 169 Å². The fraction of sp³-hybridized carbons (Fsp3) is 0.350. The van der Waals surface area contributed by atoms with Crippen LogP contribution in [0.15, 0.2) is 36.5 Å². The standard InChI is InChI=1S/C20H23ClN2O5/c1-4-10-27-16-8-6-14(11-17(16)26-5-2)20(25)28-13(3)19(24)23-18-9-7-15(21)12-22-18/h6-9,11-13H,4-5,10H2,1-3H3,(H,22,23,24)/t13-/m0/s1. The molecule has 0 fully saturated rings. The third-order valence-electron chi connectivity index (χ3n) is 3.57. The lowest BCUT2D eigenvalue weighted by Crippen LogP contribution is -2.30. The molecule has 0 aliphatic carbocycles. The molecule has 8 heteroatoms. The number of carbonyl (C=O) groups excluding carboxylic acids is 2. The highest BCUT2D eigenvalue weighted by Crippen LogP contribution is 2.29. The van der Waals surface area contributed by atoms with Crippen molar-refractivity contribution in [3.05, 3.63) is 47.1 Å². The average molecular weight is 407 g/mol. The third-order valence-corrected chi connectivity index (χ3v) is 3.80. The van der Waals surface area contributed by atoms with Crippen LogP contribution < -0.4 is 14.8 Å². The molecule has 150 valence electrons. The first-order chi connectivity index (χ1) is 13.4. The van der Waals surface area contributed by atoms with Crippen LogP contribution in [0, 0.1) is 0 Å². The van der Waals surface area contributed by atoms with Crippen LogP contribution >= 0.6 is 11.6 Å². The number of benzene rings is 1. The van der Waals surface area contributed by atoms with Gasteiger partial charge in [0, 0.05) is 6.20 Å². The number of esters is 1. The predicted molar refractivity (Wildman–Crippen MR) is 106 cm³/mol. The Morgan fingerprint density at radius 3 is 2.57 bits per heavy atom. The lowest BCUT2D eigenvalue weighted by atomic mass is 10.2. The molecule has 28 heavy (non-hydrogen) atoms. The van der Waals surface area contributed by atoms with Crippen LogP contribution in [-0.2, 0) is 9.53 Å². The molecule has 1 heterocycles. The number of halogens is 1. The van der Waals surface area contributed by atoms with Crippen molar-refractivity contribution >= 4 is 29.3 Å². The van der Waals surface area contributed by atoms with Gasteiger partial charge in [-0.3, -0.25) is 4.79 Å². The van der Waals surface area contributed by atoms with Gasteiger partial charge < -0.3 is 19.5 Å². The fourth-order valence-corrected chi connectivity index (χ4v) is 2.31. The monoisotopic (exact) mass is 406 g/mol. The van der Waals surface area contributed by atoms with Crippen molar-refractivity contribution in [1.82, 2.24) is 4.98 Å². The lowest BCUT2D eigenvalue weighted by Gasteiger charge is -2.15. The van der Waals surface area contributed by atoms with E-state index in [9.17, 15) is 9.59 Å². The minimum Gasteiger partial charge on any atom is -0.490 e. The zero-order chi connectivity index (χ0) is 20.5. The van der Waals surface area contributed by atoms with Crippen LogP contribution in [0.1, 0.15) is 37.6 Å². The Kier molecular flexibility index (Phi) is 8.07. The van der Waals surface area contributed by atoms with E-state index in [2.05, 4.69) is 10.3 Å². The molecule has 0 unspecified atom stereocenters. The van der Waals surface area contributed by atoms with Crippen LogP contribution in [0.5, 0.6) is 11.5 Å². The first-order valence-electron chi connectivity index (χ1n) is 8.97. The minimum absolute atomic E-state index is 0.261. The van der Waals surface area contributed by atoms with Crippen LogP contribution in [0.3, 0.4) is 0 Å². The Bertz CT molecular complexity index is 811. The van der Waals surface area contributed by atoms with Crippen LogP contribution in [-0.4, -0.2) is 36.2 Å². The second-order valence-corrected chi connectivity index (χ2v) is 6.28. The zero-order valence-corrected chi connectivity index (χ0v) is 16.8. The maximum atomic E-state index is 12.4. The van der Waals surface area contributed by atoms with Gasteiger partial charge in [-0.15, -0.1) is 0 Å². The molecule has 1 amide bonds. The molecule has 0 saturated carbocycles. The summed E-state index contributed by atoms with van der Waals surface area (Å²) < 4.78 is 16.4. The van der Waals surface area contributed by atoms with Gasteiger partial charge >= 0.3 is 5.97 Å². The molecule has 0 spiro atoms. The number of hydrogen-bond acceptors (Lipinski definition) is 6. The molecule has 2 rings (SSSR count). The molecule has 0 aliphatic heterocycles. The normalized spacial score (nSPS) is 11.4. The summed E-state index contributed by atoms with van der Waals surface area (Å²) in [6.07, 6.45) is 1.24. The van der Waals surface area contributed by atoms with E-state index in [0.29, 0.717) is 35.6 Å². The van der Waals surface area contributed by atoms with Crippen LogP contribution in [0.25, 0.3) is 0 Å². The van der Waals surface area contributed by atoms with E-state index in [1.54, 1.807) is 30.3 Å². The smallest absolute Gasteiger partial charge is 0.339 e. The SMILES string of the molecule is CCCOc1ccc(C(=O)O[C@@H](C)C(=O)Nc2ccc(Cl)cn2)cc1OCC. The number of pyridine rings is 1. The number of hydrogen-bond donors (Lipinski definition) is 1. The topological polar surface area (TPSA) is 86.8 Å². The molecule has 7 nitrogen and oxygen atoms in total. The van der Waals surface area contributed by atoms with Crippen LogP contribution in [0.2, 0.25) is 5.02 Å². The van der Waals surface area contributed by atoms with E-state index in [4.69, 9.17) is 25.8 Å². The second kappa shape index (κ2) is 10.5. The van der Waals surface area contributed by atoms with Crippen molar-refractivity contribution in [2.45, 2.75) is 33.3 Å². The number of anilines is 1. The van der Waals surface area contributed by atoms with Crippen molar-refractivity contribution in [3.8, 4) is 11.5 Å². The van der Waals surface area contributed by atoms with Crippen LogP contribution in [0.4, 0.5) is 5.82 Å². The summed E-state index contributed by atoms with van der Waals surface area (Å²) in [6.45, 7) is 6.28. The fourth-order valence-electron chi connectivity index (χ4n) is 2.19. The lowest BCUT2D eigenvalue weighted by molar-refractivity contribution is -0.123. The van der Waals surface area contributed by atoms with E-state index in [1.165, 1.54) is 13.1 Å². The first-order valence-corrected chi connectivity index (χ1v) is 9.35. The van der Waals surface area contributed by atoms with Gasteiger partial charge in [0.2, 0.25) is 0 Å². The maximum absolute atomic E-state index is 12.4. The molecule has 1 atom stereocenters. The third kappa shape index (κ3) is 6.13. The maximum Gasteiger partial charge on any atom is 0.339 e. The Hall–Kier alpha value is -2.80. The molecule has 1 aromatic carbocycles. The van der Waals surface area contributed by atoms with Crippen molar-refractivity contribution in [3.63, 3.8) is 0 Å². The van der Waals surface area contributed by atoms with Gasteiger partial charge in [0.05, 0.1) is 23.8 Å². The second-order valence-electron chi connectivity index (χ2n) is 5.84. The number of ether oxygens (including phenoxy) is 3. The quantitative estimate of drug-likeness (QED) is 0.630. The van der Waals surface area contributed by atoms with Gasteiger partial charge in [-0.05, 0) is 50.6 Å². The summed E-state index contributed by atoms with van der Waals surface area (Å²) in [5.74, 6) is 0.173. The van der Waals surface area contributed by atoms with Gasteiger partial charge in [-0.2, -0.15) is 0 Å². The summed E-state index contributed by atoms with van der Waals surface area (Å²) in [5, 5.41) is 3.01. The van der Waals surface area contributed by atoms with E-state index < -0.39 is 18.0 Å². The molecule has 1 N–H and O–H groups in total. The molecule has 2 aromatic rings. The van der Waals surface area contributed by atoms with E-state index in [0.717, 1.165) is 6.42 Å². The van der Waals surface area contributed by atoms with Crippen molar-refractivity contribution in [2.24, 2.45) is 0 Å². The van der Waals surface area contributed by atoms with Crippen molar-refractivity contribution in [1.29, 1.82) is 0 Å². The highest BCUT2D eigenvalue weighted by Gasteiger charge is 2.20. The van der Waals surface area contributed by atoms with E-state index >= 15 is 0 Å². The number of amides is 1. The number of nitrogens with one attached hydrogen (secondary N) is 1. The van der Waals surface area contributed by atoms with E-state index in [1.807, 2.05) is 13.8 Å². The molecule has 0 saturated heterocycles. The molecule has 0 aliphatic rings. The molecule has 1 aromatic heterocycles. The summed E-state index contributed by atoms with van der Waals surface area (Å²) in [5.41, 5.74) is 0.261. The van der Waals surface area contributed by atoms with Gasteiger partial charge in [0.25, 0.3) is 5.91 Å². The first kappa shape index (κ1) is 21.5. The number of aromatic nitrogens is 1. The van der Waals surface area contributed by atoms with Gasteiger partial charge in [0.15, 0.2) is 17.6 Å². The Balaban J connectivity index is 2.02. The van der Waals surface area contributed by atoms with E-state index in [-0.39, 0.29) is 5.56 Å². The Morgan fingerprint density at radius 1 is 1.14 bits per heavy atom. The summed E-state index contributed by atoms with van der Waals surface area (Å²) in [7, 11) is 0. The van der Waals surface area contributed by atoms with Gasteiger partial charge in [-0.25, -0.2) is 9.78 Å². The van der Waals surface area contributed by atoms with Gasteiger partial charge in [-0.1, -0.05) is 18.5 Å². The number of rotatable bonds is 9. The highest BCUT2D eigenvalue weighted by atomic mass is 35.5. The molecule has 0 bridgehead atoms. The summed E-state index contributed by atoms with van der Waals surface area (Å²) in [4.78, 5) is 28.6. The minimum atomic E-state index is -1.02. The predicted octanol–water partition coefficient (Wildman–Crippen LogP) is 4.11. The number of nitrogens with zero attached hydrogens (tertiary/aromatic N) is 1. The van der Waals surface area contributed by atoms with Crippen molar-refractivity contribution in [2.75, 3.05) is 18.5 Å². The average Bonchev–Trinajstić information content (AvgIpc) is 2.68. The zero-order valence-electron chi connectivity index (χ0n) is 16.0. The summed E-state index contributed by atoms with van der Waals surface area (Å²) >= 11 is 5.76. The van der Waals surface area contributed by atoms with Crippen molar-refractivity contribution < 1.29 is 23.8 Å². The summed E-state index contributed by atoms with van der Waals surface area (Å²) in [6, 6.07) is 7.92. The molecular weight excluding hydrogens is 384 g/mol. The highest BCUT2D eigenvalue weighted by molar-refractivity contribution is 6.30. The Morgan fingerprint density at radius 2 is 1.93 bits per heavy atom. The van der Waals surface area contributed by atoms with Gasteiger partial charge in [0.1, 0.15) is 5.82 Å². The largest absolute Gasteiger partial charge is 0.490 e. The number of carbonyl (C=O) groups is 2. The molecular formula is C20H23ClN2O5.